The second kappa shape index (κ2) is 8.57. The number of hydrogen-bond donors (Lipinski definition) is 2. The molecule has 7 nitrogen and oxygen atoms in total. The summed E-state index contributed by atoms with van der Waals surface area (Å²) >= 11 is 0. The summed E-state index contributed by atoms with van der Waals surface area (Å²) < 4.78 is 0. The fourth-order valence-corrected chi connectivity index (χ4v) is 0.425. The van der Waals surface area contributed by atoms with Crippen molar-refractivity contribution < 1.29 is 40.0 Å². The first-order valence-electron chi connectivity index (χ1n) is 3.02. The molecule has 0 radical (unpaired) electrons. The third-order valence-electron chi connectivity index (χ3n) is 0.953. The van der Waals surface area contributed by atoms with Crippen LogP contribution in [-0.2, 0) is 9.69 Å². The summed E-state index contributed by atoms with van der Waals surface area (Å²) in [4.78, 5) is 7.86. The molecule has 0 aliphatic heterocycles. The standard InChI is InChI=1S/C5H4BN3O4.Li.H/c7-1-4(2-8)5(3-9)12-13-6(10)11;;/h4-5,10-11H;;/q;+1;-1. The van der Waals surface area contributed by atoms with Gasteiger partial charge in [-0.25, -0.2) is 9.69 Å². The fraction of sp³-hybridized carbons (Fsp3) is 0.400. The molecule has 0 aromatic heterocycles. The van der Waals surface area contributed by atoms with Gasteiger partial charge in [0, 0.05) is 0 Å². The topological polar surface area (TPSA) is 130 Å². The first kappa shape index (κ1) is 15.4. The zero-order chi connectivity index (χ0) is 10.3. The second-order valence-electron chi connectivity index (χ2n) is 1.80. The largest absolute Gasteiger partial charge is 1.00 e. The third-order valence-corrected chi connectivity index (χ3v) is 0.953. The summed E-state index contributed by atoms with van der Waals surface area (Å²) in [6.45, 7) is 0. The Kier molecular flexibility index (Phi) is 9.45. The van der Waals surface area contributed by atoms with Crippen molar-refractivity contribution >= 4 is 7.32 Å². The molecule has 0 rings (SSSR count). The van der Waals surface area contributed by atoms with Crippen molar-refractivity contribution in [3.63, 3.8) is 0 Å². The Balaban J connectivity index is -0.000000720. The molecule has 2 N–H and O–H groups in total. The molecule has 0 saturated heterocycles. The van der Waals surface area contributed by atoms with Crippen LogP contribution in [0.15, 0.2) is 0 Å². The average molecular weight is 189 g/mol. The molecule has 0 heterocycles. The predicted octanol–water partition coefficient (Wildman–Crippen LogP) is -4.42. The smallest absolute Gasteiger partial charge is 1.00 e. The average Bonchev–Trinajstić information content (AvgIpc) is 2.11. The predicted molar refractivity (Wildman–Crippen MR) is 37.6 cm³/mol. The van der Waals surface area contributed by atoms with Crippen LogP contribution in [-0.4, -0.2) is 23.5 Å². The molecule has 1 atom stereocenters. The van der Waals surface area contributed by atoms with Gasteiger partial charge in [0.1, 0.15) is 6.07 Å². The van der Waals surface area contributed by atoms with Gasteiger partial charge in [-0.3, -0.25) is 0 Å². The van der Waals surface area contributed by atoms with E-state index in [2.05, 4.69) is 9.69 Å². The molecule has 0 aromatic rings. The van der Waals surface area contributed by atoms with E-state index in [0.717, 1.165) is 0 Å². The quantitative estimate of drug-likeness (QED) is 0.259. The van der Waals surface area contributed by atoms with Gasteiger partial charge in [-0.15, -0.1) is 0 Å². The maximum atomic E-state index is 8.35. The molecule has 0 bridgehead atoms. The van der Waals surface area contributed by atoms with Gasteiger partial charge in [0.05, 0.1) is 12.1 Å². The number of hydrogen-bond acceptors (Lipinski definition) is 7. The van der Waals surface area contributed by atoms with Crippen molar-refractivity contribution in [2.75, 3.05) is 0 Å². The zero-order valence-corrected chi connectivity index (χ0v) is 7.28. The minimum atomic E-state index is -2.21. The van der Waals surface area contributed by atoms with Crippen LogP contribution in [0.5, 0.6) is 0 Å². The van der Waals surface area contributed by atoms with Gasteiger partial charge in [0.2, 0.25) is 6.10 Å². The van der Waals surface area contributed by atoms with E-state index < -0.39 is 19.3 Å². The Morgan fingerprint density at radius 2 is 1.64 bits per heavy atom. The van der Waals surface area contributed by atoms with Crippen molar-refractivity contribution in [1.29, 1.82) is 15.8 Å². The molecule has 1 unspecified atom stereocenters. The Hall–Kier alpha value is -1.03. The van der Waals surface area contributed by atoms with E-state index in [4.69, 9.17) is 25.8 Å². The minimum Gasteiger partial charge on any atom is -1.00 e. The molecule has 14 heavy (non-hydrogen) atoms. The van der Waals surface area contributed by atoms with Crippen LogP contribution >= 0.6 is 0 Å². The first-order chi connectivity index (χ1) is 6.15. The van der Waals surface area contributed by atoms with Crippen LogP contribution in [0.2, 0.25) is 0 Å². The number of rotatable bonds is 4. The Morgan fingerprint density at radius 3 is 1.93 bits per heavy atom. The zero-order valence-electron chi connectivity index (χ0n) is 8.28. The summed E-state index contributed by atoms with van der Waals surface area (Å²) in [5, 5.41) is 41.3. The normalized spacial score (nSPS) is 10.3. The Bertz CT molecular complexity index is 271. The Labute approximate surface area is 93.8 Å². The molecule has 0 aliphatic rings. The summed E-state index contributed by atoms with van der Waals surface area (Å²) in [5.41, 5.74) is 0. The molecule has 9 heteroatoms. The van der Waals surface area contributed by atoms with E-state index in [0.29, 0.717) is 0 Å². The number of nitriles is 3. The summed E-state index contributed by atoms with van der Waals surface area (Å²) in [6, 6.07) is 4.39. The monoisotopic (exact) mass is 189 g/mol. The van der Waals surface area contributed by atoms with Crippen LogP contribution in [0, 0.1) is 39.9 Å². The first-order valence-corrected chi connectivity index (χ1v) is 3.02. The van der Waals surface area contributed by atoms with E-state index in [1.807, 2.05) is 0 Å². The van der Waals surface area contributed by atoms with Gasteiger partial charge in [-0.05, 0) is 0 Å². The molecule has 0 aromatic carbocycles. The van der Waals surface area contributed by atoms with Crippen LogP contribution in [0.3, 0.4) is 0 Å². The van der Waals surface area contributed by atoms with Crippen molar-refractivity contribution in [2.24, 2.45) is 5.92 Å². The van der Waals surface area contributed by atoms with Gasteiger partial charge in [-0.1, -0.05) is 0 Å². The molecule has 0 aliphatic carbocycles. The molecular formula is C5H5BLiN3O4. The molecule has 0 spiro atoms. The Morgan fingerprint density at radius 1 is 1.14 bits per heavy atom. The molecule has 0 saturated carbocycles. The summed E-state index contributed by atoms with van der Waals surface area (Å²) in [6.07, 6.45) is -1.48. The van der Waals surface area contributed by atoms with Gasteiger partial charge < -0.3 is 11.5 Å². The molecular weight excluding hydrogens is 184 g/mol. The van der Waals surface area contributed by atoms with Crippen LogP contribution in [0.25, 0.3) is 0 Å². The second-order valence-corrected chi connectivity index (χ2v) is 1.80. The van der Waals surface area contributed by atoms with Crippen molar-refractivity contribution in [3.8, 4) is 18.2 Å². The van der Waals surface area contributed by atoms with Gasteiger partial charge >= 0.3 is 26.2 Å². The SMILES string of the molecule is N#CC(C#N)C(C#N)OOB(O)O.[H-].[Li+]. The molecule has 68 valence electrons. The third kappa shape index (κ3) is 5.59. The van der Waals surface area contributed by atoms with E-state index in [9.17, 15) is 0 Å². The van der Waals surface area contributed by atoms with E-state index in [1.54, 1.807) is 0 Å². The van der Waals surface area contributed by atoms with E-state index >= 15 is 0 Å². The van der Waals surface area contributed by atoms with Crippen molar-refractivity contribution in [3.05, 3.63) is 0 Å². The molecule has 0 amide bonds. The minimum absolute atomic E-state index is 0. The van der Waals surface area contributed by atoms with E-state index in [-0.39, 0.29) is 20.3 Å². The maximum absolute atomic E-state index is 8.35. The molecule has 0 fully saturated rings. The van der Waals surface area contributed by atoms with Crippen molar-refractivity contribution in [1.82, 2.24) is 0 Å². The fourth-order valence-electron chi connectivity index (χ4n) is 0.425. The van der Waals surface area contributed by atoms with Gasteiger partial charge in [0.25, 0.3) is 0 Å². The van der Waals surface area contributed by atoms with Crippen molar-refractivity contribution in [2.45, 2.75) is 6.10 Å². The number of nitrogens with zero attached hydrogens (tertiary/aromatic N) is 3. The van der Waals surface area contributed by atoms with Crippen LogP contribution < -0.4 is 18.9 Å². The van der Waals surface area contributed by atoms with Gasteiger partial charge in [-0.2, -0.15) is 15.8 Å². The summed E-state index contributed by atoms with van der Waals surface area (Å²) in [5.74, 6) is -1.34. The van der Waals surface area contributed by atoms with Crippen LogP contribution in [0.4, 0.5) is 0 Å². The maximum Gasteiger partial charge on any atom is 1.00 e. The summed E-state index contributed by atoms with van der Waals surface area (Å²) in [7, 11) is -2.21. The van der Waals surface area contributed by atoms with Crippen LogP contribution in [0.1, 0.15) is 1.43 Å². The van der Waals surface area contributed by atoms with E-state index in [1.165, 1.54) is 18.2 Å². The van der Waals surface area contributed by atoms with Gasteiger partial charge in [0.15, 0.2) is 5.92 Å².